The molecule has 2 aromatic carbocycles. The van der Waals surface area contributed by atoms with Gasteiger partial charge < -0.3 is 0 Å². The van der Waals surface area contributed by atoms with Gasteiger partial charge in [0, 0.05) is 10.6 Å². The summed E-state index contributed by atoms with van der Waals surface area (Å²) in [5, 5.41) is 21.3. The van der Waals surface area contributed by atoms with Crippen molar-refractivity contribution in [1.29, 1.82) is 5.26 Å². The minimum Gasteiger partial charge on any atom is -0.292 e. The maximum atomic E-state index is 12.6. The molecule has 0 aliphatic rings. The maximum Gasteiger partial charge on any atom is 0.187 e. The fourth-order valence-corrected chi connectivity index (χ4v) is 2.27. The van der Waals surface area contributed by atoms with Crippen molar-refractivity contribution in [2.75, 3.05) is 0 Å². The Morgan fingerprint density at radius 1 is 1.13 bits per heavy atom. The van der Waals surface area contributed by atoms with Gasteiger partial charge in [0.05, 0.1) is 11.8 Å². The molecule has 1 heterocycles. The highest BCUT2D eigenvalue weighted by molar-refractivity contribution is 6.30. The smallest absolute Gasteiger partial charge is 0.187 e. The fraction of sp³-hybridized carbons (Fsp3) is 0.0625. The van der Waals surface area contributed by atoms with E-state index < -0.39 is 5.92 Å². The number of ketones is 1. The Bertz CT molecular complexity index is 867. The van der Waals surface area contributed by atoms with Gasteiger partial charge in [0.2, 0.25) is 0 Å². The Hall–Kier alpha value is -3.04. The van der Waals surface area contributed by atoms with Gasteiger partial charge in [-0.2, -0.15) is 9.94 Å². The van der Waals surface area contributed by atoms with Crippen LogP contribution in [0.15, 0.2) is 54.6 Å². The van der Waals surface area contributed by atoms with E-state index in [1.165, 1.54) is 4.68 Å². The molecule has 0 N–H and O–H groups in total. The van der Waals surface area contributed by atoms with E-state index >= 15 is 0 Å². The SMILES string of the molecule is N#CC(C(=O)c1ccc(Cl)cc1)c1nnnn1-c1ccccc1. The lowest BCUT2D eigenvalue weighted by Crippen LogP contribution is -2.16. The molecule has 0 saturated carbocycles. The van der Waals surface area contributed by atoms with Crippen molar-refractivity contribution < 1.29 is 4.79 Å². The van der Waals surface area contributed by atoms with Crippen molar-refractivity contribution in [3.05, 3.63) is 71.0 Å². The Kier molecular flexibility index (Phi) is 4.13. The van der Waals surface area contributed by atoms with E-state index in [1.807, 2.05) is 24.3 Å². The molecule has 1 atom stereocenters. The zero-order valence-corrected chi connectivity index (χ0v) is 12.6. The van der Waals surface area contributed by atoms with E-state index in [0.29, 0.717) is 16.3 Å². The molecule has 0 spiro atoms. The van der Waals surface area contributed by atoms with E-state index in [1.54, 1.807) is 36.4 Å². The highest BCUT2D eigenvalue weighted by atomic mass is 35.5. The Morgan fingerprint density at radius 3 is 2.48 bits per heavy atom. The van der Waals surface area contributed by atoms with Crippen LogP contribution >= 0.6 is 11.6 Å². The van der Waals surface area contributed by atoms with Crippen LogP contribution in [0.25, 0.3) is 5.69 Å². The lowest BCUT2D eigenvalue weighted by Gasteiger charge is -2.09. The van der Waals surface area contributed by atoms with E-state index in [-0.39, 0.29) is 11.6 Å². The van der Waals surface area contributed by atoms with Crippen LogP contribution in [0.5, 0.6) is 0 Å². The summed E-state index contributed by atoms with van der Waals surface area (Å²) < 4.78 is 1.39. The second-order valence-corrected chi connectivity index (χ2v) is 5.15. The summed E-state index contributed by atoms with van der Waals surface area (Å²) in [5.74, 6) is -1.30. The summed E-state index contributed by atoms with van der Waals surface area (Å²) in [7, 11) is 0. The molecular weight excluding hydrogens is 314 g/mol. The molecule has 0 amide bonds. The summed E-state index contributed by atoms with van der Waals surface area (Å²) >= 11 is 5.82. The number of nitriles is 1. The van der Waals surface area contributed by atoms with E-state index in [0.717, 1.165) is 0 Å². The van der Waals surface area contributed by atoms with Gasteiger partial charge >= 0.3 is 0 Å². The van der Waals surface area contributed by atoms with Crippen molar-refractivity contribution >= 4 is 17.4 Å². The first kappa shape index (κ1) is 14.9. The largest absolute Gasteiger partial charge is 0.292 e. The number of hydrogen-bond acceptors (Lipinski definition) is 5. The standard InChI is InChI=1S/C16H10ClN5O/c17-12-8-6-11(7-9-12)15(23)14(10-18)16-19-20-21-22(16)13-4-2-1-3-5-13/h1-9,14H. The molecule has 3 rings (SSSR count). The zero-order valence-electron chi connectivity index (χ0n) is 11.8. The van der Waals surface area contributed by atoms with Crippen LogP contribution < -0.4 is 0 Å². The number of para-hydroxylation sites is 1. The van der Waals surface area contributed by atoms with Gasteiger partial charge in [-0.25, -0.2) is 0 Å². The second kappa shape index (κ2) is 6.38. The average molecular weight is 324 g/mol. The quantitative estimate of drug-likeness (QED) is 0.689. The number of carbonyl (C=O) groups excluding carboxylic acids is 1. The van der Waals surface area contributed by atoms with Gasteiger partial charge in [-0.15, -0.1) is 5.10 Å². The van der Waals surface area contributed by atoms with Crippen LogP contribution in [-0.4, -0.2) is 26.0 Å². The minimum absolute atomic E-state index is 0.179. The molecule has 6 nitrogen and oxygen atoms in total. The molecule has 3 aromatic rings. The lowest BCUT2D eigenvalue weighted by molar-refractivity contribution is 0.0975. The molecule has 112 valence electrons. The summed E-state index contributed by atoms with van der Waals surface area (Å²) in [6.07, 6.45) is 0. The van der Waals surface area contributed by atoms with Crippen LogP contribution in [0.2, 0.25) is 5.02 Å². The van der Waals surface area contributed by atoms with Gasteiger partial charge in [-0.3, -0.25) is 4.79 Å². The number of carbonyl (C=O) groups is 1. The van der Waals surface area contributed by atoms with E-state index in [2.05, 4.69) is 15.5 Å². The molecule has 7 heteroatoms. The first-order valence-electron chi connectivity index (χ1n) is 6.74. The van der Waals surface area contributed by atoms with Crippen molar-refractivity contribution in [3.8, 4) is 11.8 Å². The van der Waals surface area contributed by atoms with E-state index in [4.69, 9.17) is 11.6 Å². The van der Waals surface area contributed by atoms with Gasteiger partial charge in [-0.05, 0) is 46.8 Å². The highest BCUT2D eigenvalue weighted by Crippen LogP contribution is 2.21. The minimum atomic E-state index is -1.11. The third-order valence-corrected chi connectivity index (χ3v) is 3.52. The van der Waals surface area contributed by atoms with Crippen molar-refractivity contribution in [1.82, 2.24) is 20.2 Å². The van der Waals surface area contributed by atoms with Gasteiger partial charge in [0.15, 0.2) is 17.5 Å². The summed E-state index contributed by atoms with van der Waals surface area (Å²) in [4.78, 5) is 12.6. The Balaban J connectivity index is 2.00. The summed E-state index contributed by atoms with van der Waals surface area (Å²) in [6, 6.07) is 17.4. The molecule has 1 unspecified atom stereocenters. The van der Waals surface area contributed by atoms with Crippen molar-refractivity contribution in [2.24, 2.45) is 0 Å². The van der Waals surface area contributed by atoms with Crippen LogP contribution in [-0.2, 0) is 0 Å². The number of halogens is 1. The van der Waals surface area contributed by atoms with Crippen LogP contribution in [0.3, 0.4) is 0 Å². The molecule has 0 bridgehead atoms. The average Bonchev–Trinajstić information content (AvgIpc) is 3.06. The Labute approximate surface area is 136 Å². The molecular formula is C16H10ClN5O. The van der Waals surface area contributed by atoms with Gasteiger partial charge in [0.1, 0.15) is 0 Å². The number of aromatic nitrogens is 4. The number of Topliss-reactive ketones (excluding diaryl/α,β-unsaturated/α-hetero) is 1. The molecule has 0 fully saturated rings. The fourth-order valence-electron chi connectivity index (χ4n) is 2.14. The first-order chi connectivity index (χ1) is 11.2. The molecule has 0 aliphatic carbocycles. The summed E-state index contributed by atoms with van der Waals surface area (Å²) in [6.45, 7) is 0. The van der Waals surface area contributed by atoms with Crippen LogP contribution in [0.1, 0.15) is 22.1 Å². The topological polar surface area (TPSA) is 84.5 Å². The van der Waals surface area contributed by atoms with Gasteiger partial charge in [0.25, 0.3) is 0 Å². The Morgan fingerprint density at radius 2 is 1.83 bits per heavy atom. The molecule has 1 aromatic heterocycles. The number of hydrogen-bond donors (Lipinski definition) is 0. The summed E-state index contributed by atoms with van der Waals surface area (Å²) in [5.41, 5.74) is 1.06. The predicted octanol–water partition coefficient (Wildman–Crippen LogP) is 2.81. The third-order valence-electron chi connectivity index (χ3n) is 3.27. The lowest BCUT2D eigenvalue weighted by atomic mass is 9.98. The molecule has 0 aliphatic heterocycles. The third kappa shape index (κ3) is 2.96. The monoisotopic (exact) mass is 323 g/mol. The zero-order chi connectivity index (χ0) is 16.2. The maximum absolute atomic E-state index is 12.6. The number of tetrazole rings is 1. The second-order valence-electron chi connectivity index (χ2n) is 4.72. The van der Waals surface area contributed by atoms with Crippen LogP contribution in [0, 0.1) is 11.3 Å². The van der Waals surface area contributed by atoms with Gasteiger partial charge in [-0.1, -0.05) is 29.8 Å². The number of nitrogens with zero attached hydrogens (tertiary/aromatic N) is 5. The van der Waals surface area contributed by atoms with E-state index in [9.17, 15) is 10.1 Å². The normalized spacial score (nSPS) is 11.7. The molecule has 23 heavy (non-hydrogen) atoms. The predicted molar refractivity (Wildman–Crippen MR) is 83.3 cm³/mol. The number of rotatable bonds is 4. The molecule has 0 saturated heterocycles. The van der Waals surface area contributed by atoms with Crippen LogP contribution in [0.4, 0.5) is 0 Å². The van der Waals surface area contributed by atoms with Crippen molar-refractivity contribution in [3.63, 3.8) is 0 Å². The number of benzene rings is 2. The van der Waals surface area contributed by atoms with Crippen molar-refractivity contribution in [2.45, 2.75) is 5.92 Å². The molecule has 0 radical (unpaired) electrons. The highest BCUT2D eigenvalue weighted by Gasteiger charge is 2.28. The first-order valence-corrected chi connectivity index (χ1v) is 7.11.